The number of aromatic nitrogens is 2. The van der Waals surface area contributed by atoms with Crippen LogP contribution in [0.3, 0.4) is 0 Å². The van der Waals surface area contributed by atoms with Gasteiger partial charge in [0.05, 0.1) is 6.10 Å². The molecule has 0 fully saturated rings. The third-order valence-corrected chi connectivity index (χ3v) is 3.69. The third kappa shape index (κ3) is 3.14. The lowest BCUT2D eigenvalue weighted by Crippen LogP contribution is -2.04. The van der Waals surface area contributed by atoms with Gasteiger partial charge in [0.15, 0.2) is 0 Å². The second-order valence-corrected chi connectivity index (χ2v) is 5.40. The minimum absolute atomic E-state index is 0.493. The van der Waals surface area contributed by atoms with Crippen LogP contribution in [-0.2, 0) is 4.79 Å². The van der Waals surface area contributed by atoms with E-state index in [1.54, 1.807) is 25.4 Å². The summed E-state index contributed by atoms with van der Waals surface area (Å²) in [6.07, 6.45) is 6.03. The van der Waals surface area contributed by atoms with Crippen molar-refractivity contribution in [3.05, 3.63) is 59.9 Å². The van der Waals surface area contributed by atoms with E-state index in [9.17, 15) is 9.90 Å². The summed E-state index contributed by atoms with van der Waals surface area (Å²) in [5.41, 5.74) is 9.50. The van der Waals surface area contributed by atoms with E-state index in [1.807, 2.05) is 30.3 Å². The summed E-state index contributed by atoms with van der Waals surface area (Å²) in [6.45, 7) is 1.74. The first-order chi connectivity index (χ1) is 11.0. The number of benzene rings is 1. The van der Waals surface area contributed by atoms with Gasteiger partial charge < -0.3 is 15.8 Å². The number of rotatable bonds is 4. The number of pyridine rings is 1. The van der Waals surface area contributed by atoms with Crippen LogP contribution in [0, 0.1) is 0 Å². The lowest BCUT2D eigenvalue weighted by Gasteiger charge is -2.08. The number of aliphatic hydroxyl groups excluding tert-OH is 1. The number of amides is 1. The Labute approximate surface area is 133 Å². The van der Waals surface area contributed by atoms with Crippen LogP contribution in [0.15, 0.2) is 48.8 Å². The van der Waals surface area contributed by atoms with Gasteiger partial charge >= 0.3 is 0 Å². The summed E-state index contributed by atoms with van der Waals surface area (Å²) >= 11 is 0. The minimum Gasteiger partial charge on any atom is -0.389 e. The van der Waals surface area contributed by atoms with Crippen LogP contribution in [0.25, 0.3) is 28.2 Å². The lowest BCUT2D eigenvalue weighted by molar-refractivity contribution is -0.113. The van der Waals surface area contributed by atoms with Crippen molar-refractivity contribution in [2.24, 2.45) is 5.73 Å². The van der Waals surface area contributed by atoms with E-state index < -0.39 is 12.0 Å². The highest BCUT2D eigenvalue weighted by atomic mass is 16.3. The monoisotopic (exact) mass is 307 g/mol. The molecule has 0 spiro atoms. The van der Waals surface area contributed by atoms with Gasteiger partial charge in [0.2, 0.25) is 5.91 Å². The molecule has 0 aliphatic heterocycles. The average Bonchev–Trinajstić information content (AvgIpc) is 2.95. The van der Waals surface area contributed by atoms with Crippen LogP contribution >= 0.6 is 0 Å². The zero-order chi connectivity index (χ0) is 16.4. The summed E-state index contributed by atoms with van der Waals surface area (Å²) in [5.74, 6) is -0.493. The van der Waals surface area contributed by atoms with Crippen LogP contribution < -0.4 is 5.73 Å². The fourth-order valence-electron chi connectivity index (χ4n) is 2.47. The van der Waals surface area contributed by atoms with E-state index in [1.165, 1.54) is 6.08 Å². The van der Waals surface area contributed by atoms with Gasteiger partial charge in [0.25, 0.3) is 0 Å². The molecule has 0 aliphatic rings. The number of aliphatic hydroxyl groups is 1. The fourth-order valence-corrected chi connectivity index (χ4v) is 2.47. The highest BCUT2D eigenvalue weighted by molar-refractivity contribution is 5.95. The van der Waals surface area contributed by atoms with Crippen molar-refractivity contribution < 1.29 is 9.90 Å². The number of nitrogens with one attached hydrogen (secondary N) is 1. The van der Waals surface area contributed by atoms with E-state index in [4.69, 9.17) is 5.73 Å². The van der Waals surface area contributed by atoms with Gasteiger partial charge in [0, 0.05) is 35.0 Å². The van der Waals surface area contributed by atoms with Crippen LogP contribution in [0.4, 0.5) is 0 Å². The number of primary amides is 1. The summed E-state index contributed by atoms with van der Waals surface area (Å²) in [7, 11) is 0. The van der Waals surface area contributed by atoms with Crippen LogP contribution in [0.1, 0.15) is 24.2 Å². The van der Waals surface area contributed by atoms with Crippen molar-refractivity contribution in [2.45, 2.75) is 13.0 Å². The number of H-pyrrole nitrogens is 1. The maximum atomic E-state index is 10.9. The first-order valence-corrected chi connectivity index (χ1v) is 7.27. The Morgan fingerprint density at radius 3 is 2.91 bits per heavy atom. The quantitative estimate of drug-likeness (QED) is 0.647. The highest BCUT2D eigenvalue weighted by Crippen LogP contribution is 2.27. The molecule has 2 aromatic heterocycles. The maximum Gasteiger partial charge on any atom is 0.241 e. The van der Waals surface area contributed by atoms with Gasteiger partial charge in [-0.1, -0.05) is 18.2 Å². The Balaban J connectivity index is 2.07. The first kappa shape index (κ1) is 15.0. The molecule has 4 N–H and O–H groups in total. The molecular weight excluding hydrogens is 290 g/mol. The predicted molar refractivity (Wildman–Crippen MR) is 90.4 cm³/mol. The molecule has 3 aromatic rings. The third-order valence-electron chi connectivity index (χ3n) is 3.69. The number of nitrogens with two attached hydrogens (primary N) is 1. The van der Waals surface area contributed by atoms with Crippen molar-refractivity contribution in [2.75, 3.05) is 0 Å². The molecule has 0 saturated carbocycles. The largest absolute Gasteiger partial charge is 0.389 e. The molecule has 5 nitrogen and oxygen atoms in total. The molecule has 1 atom stereocenters. The number of nitrogens with zero attached hydrogens (tertiary/aromatic N) is 1. The van der Waals surface area contributed by atoms with Crippen molar-refractivity contribution in [3.8, 4) is 11.1 Å². The minimum atomic E-state index is -0.520. The molecule has 23 heavy (non-hydrogen) atoms. The Hall–Kier alpha value is -2.92. The average molecular weight is 307 g/mol. The predicted octanol–water partition coefficient (Wildman–Crippen LogP) is 2.78. The number of hydrogen-bond acceptors (Lipinski definition) is 3. The number of carbonyl (C=O) groups excluding carboxylic acids is 1. The van der Waals surface area contributed by atoms with Crippen molar-refractivity contribution in [3.63, 3.8) is 0 Å². The number of aromatic amines is 1. The van der Waals surface area contributed by atoms with E-state index in [2.05, 4.69) is 9.97 Å². The number of carbonyl (C=O) groups is 1. The lowest BCUT2D eigenvalue weighted by atomic mass is 10.0. The van der Waals surface area contributed by atoms with Crippen LogP contribution in [0.5, 0.6) is 0 Å². The number of fused-ring (bicyclic) bond motifs is 1. The molecule has 0 bridgehead atoms. The highest BCUT2D eigenvalue weighted by Gasteiger charge is 2.07. The molecule has 116 valence electrons. The number of hydrogen-bond donors (Lipinski definition) is 3. The molecule has 1 amide bonds. The summed E-state index contributed by atoms with van der Waals surface area (Å²) in [5, 5.41) is 10.6. The first-order valence-electron chi connectivity index (χ1n) is 7.27. The normalized spacial score (nSPS) is 12.8. The zero-order valence-corrected chi connectivity index (χ0v) is 12.7. The maximum absolute atomic E-state index is 10.9. The molecule has 0 saturated heterocycles. The standard InChI is InChI=1S/C18H17N3O2/c1-11(22)12-3-2-4-13(7-12)15-8-16-14(5-6-17(19)23)9-20-18(16)21-10-15/h2-11,22H,1H3,(H2,19,23)(H,20,21)/b6-5+. The van der Waals surface area contributed by atoms with Gasteiger partial charge in [-0.25, -0.2) is 4.98 Å². The molecule has 3 rings (SSSR count). The van der Waals surface area contributed by atoms with E-state index in [-0.39, 0.29) is 0 Å². The smallest absolute Gasteiger partial charge is 0.241 e. The summed E-state index contributed by atoms with van der Waals surface area (Å²) in [4.78, 5) is 18.4. The Morgan fingerprint density at radius 2 is 2.17 bits per heavy atom. The fraction of sp³-hybridized carbons (Fsp3) is 0.111. The van der Waals surface area contributed by atoms with Crippen LogP contribution in [-0.4, -0.2) is 21.0 Å². The zero-order valence-electron chi connectivity index (χ0n) is 12.7. The molecule has 1 aromatic carbocycles. The molecular formula is C18H17N3O2. The molecule has 5 heteroatoms. The van der Waals surface area contributed by atoms with Gasteiger partial charge in [-0.3, -0.25) is 4.79 Å². The van der Waals surface area contributed by atoms with Crippen molar-refractivity contribution >= 4 is 23.0 Å². The molecule has 2 heterocycles. The summed E-state index contributed by atoms with van der Waals surface area (Å²) < 4.78 is 0. The topological polar surface area (TPSA) is 92.0 Å². The summed E-state index contributed by atoms with van der Waals surface area (Å²) in [6, 6.07) is 9.71. The van der Waals surface area contributed by atoms with E-state index in [0.717, 1.165) is 33.3 Å². The second-order valence-electron chi connectivity index (χ2n) is 5.40. The molecule has 0 radical (unpaired) electrons. The Kier molecular flexibility index (Phi) is 3.95. The van der Waals surface area contributed by atoms with Gasteiger partial charge in [-0.15, -0.1) is 0 Å². The molecule has 1 unspecified atom stereocenters. The van der Waals surface area contributed by atoms with Gasteiger partial charge in [-0.2, -0.15) is 0 Å². The Morgan fingerprint density at radius 1 is 1.35 bits per heavy atom. The molecule has 0 aliphatic carbocycles. The van der Waals surface area contributed by atoms with E-state index in [0.29, 0.717) is 0 Å². The van der Waals surface area contributed by atoms with Crippen LogP contribution in [0.2, 0.25) is 0 Å². The Bertz CT molecular complexity index is 894. The van der Waals surface area contributed by atoms with Gasteiger partial charge in [0.1, 0.15) is 5.65 Å². The SMILES string of the molecule is CC(O)c1cccc(-c2cnc3[nH]cc(/C=C/C(N)=O)c3c2)c1. The van der Waals surface area contributed by atoms with Crippen molar-refractivity contribution in [1.29, 1.82) is 0 Å². The van der Waals surface area contributed by atoms with Gasteiger partial charge in [-0.05, 0) is 36.3 Å². The second kappa shape index (κ2) is 6.06. The van der Waals surface area contributed by atoms with E-state index >= 15 is 0 Å². The van der Waals surface area contributed by atoms with Crippen molar-refractivity contribution in [1.82, 2.24) is 9.97 Å².